The van der Waals surface area contributed by atoms with Crippen molar-refractivity contribution in [1.82, 2.24) is 5.32 Å². The van der Waals surface area contributed by atoms with Gasteiger partial charge in [0.1, 0.15) is 5.82 Å². The summed E-state index contributed by atoms with van der Waals surface area (Å²) in [5.74, 6) is -0.197. The molecule has 0 radical (unpaired) electrons. The van der Waals surface area contributed by atoms with Crippen molar-refractivity contribution in [3.8, 4) is 0 Å². The highest BCUT2D eigenvalue weighted by Gasteiger charge is 2.32. The fourth-order valence-electron chi connectivity index (χ4n) is 2.56. The summed E-state index contributed by atoms with van der Waals surface area (Å²) >= 11 is 0. The maximum atomic E-state index is 13.1. The van der Waals surface area contributed by atoms with Gasteiger partial charge < -0.3 is 10.4 Å². The van der Waals surface area contributed by atoms with Crippen LogP contribution in [0, 0.1) is 12.7 Å². The third-order valence-electron chi connectivity index (χ3n) is 3.83. The summed E-state index contributed by atoms with van der Waals surface area (Å²) in [5.41, 5.74) is 1.92. The number of benzene rings is 1. The lowest BCUT2D eigenvalue weighted by atomic mass is 9.98. The molecule has 1 aliphatic rings. The van der Waals surface area contributed by atoms with Crippen LogP contribution in [0.1, 0.15) is 36.8 Å². The molecule has 2 N–H and O–H groups in total. The molecule has 1 fully saturated rings. The SMILES string of the molecule is Cc1ccc(F)cc1CNC1(CO)CCCC1. The van der Waals surface area contributed by atoms with Crippen molar-refractivity contribution in [1.29, 1.82) is 0 Å². The first kappa shape index (κ1) is 12.5. The van der Waals surface area contributed by atoms with Gasteiger partial charge in [-0.25, -0.2) is 4.39 Å². The van der Waals surface area contributed by atoms with E-state index in [1.807, 2.05) is 6.92 Å². The van der Waals surface area contributed by atoms with Gasteiger partial charge >= 0.3 is 0 Å². The molecule has 0 spiro atoms. The molecule has 0 aromatic heterocycles. The van der Waals surface area contributed by atoms with Crippen LogP contribution in [0.2, 0.25) is 0 Å². The van der Waals surface area contributed by atoms with Gasteiger partial charge in [0.15, 0.2) is 0 Å². The Morgan fingerprint density at radius 3 is 2.71 bits per heavy atom. The number of aliphatic hydroxyl groups is 1. The second-order valence-corrected chi connectivity index (χ2v) is 5.07. The van der Waals surface area contributed by atoms with Crippen molar-refractivity contribution in [2.45, 2.75) is 44.7 Å². The Morgan fingerprint density at radius 2 is 2.06 bits per heavy atom. The largest absolute Gasteiger partial charge is 0.394 e. The van der Waals surface area contributed by atoms with Crippen LogP contribution in [0.15, 0.2) is 18.2 Å². The van der Waals surface area contributed by atoms with Crippen LogP contribution in [-0.4, -0.2) is 17.3 Å². The van der Waals surface area contributed by atoms with Crippen LogP contribution >= 0.6 is 0 Å². The predicted molar refractivity (Wildman–Crippen MR) is 66.3 cm³/mol. The lowest BCUT2D eigenvalue weighted by Crippen LogP contribution is -2.45. The number of rotatable bonds is 4. The van der Waals surface area contributed by atoms with Crippen molar-refractivity contribution < 1.29 is 9.50 Å². The molecule has 2 rings (SSSR count). The Bertz CT molecular complexity index is 386. The van der Waals surface area contributed by atoms with E-state index in [2.05, 4.69) is 5.32 Å². The molecular weight excluding hydrogens is 217 g/mol. The first-order chi connectivity index (χ1) is 8.15. The van der Waals surface area contributed by atoms with E-state index in [0.29, 0.717) is 6.54 Å². The smallest absolute Gasteiger partial charge is 0.123 e. The van der Waals surface area contributed by atoms with Gasteiger partial charge in [-0.3, -0.25) is 0 Å². The maximum Gasteiger partial charge on any atom is 0.123 e. The van der Waals surface area contributed by atoms with E-state index in [-0.39, 0.29) is 18.0 Å². The molecule has 94 valence electrons. The molecule has 0 heterocycles. The zero-order chi connectivity index (χ0) is 12.3. The molecule has 0 bridgehead atoms. The molecule has 1 aromatic carbocycles. The Morgan fingerprint density at radius 1 is 1.35 bits per heavy atom. The number of halogens is 1. The van der Waals surface area contributed by atoms with Crippen LogP contribution in [0.5, 0.6) is 0 Å². The monoisotopic (exact) mass is 237 g/mol. The highest BCUT2D eigenvalue weighted by molar-refractivity contribution is 5.26. The van der Waals surface area contributed by atoms with Gasteiger partial charge in [0.25, 0.3) is 0 Å². The van der Waals surface area contributed by atoms with Crippen LogP contribution in [0.4, 0.5) is 4.39 Å². The normalized spacial score (nSPS) is 18.5. The van der Waals surface area contributed by atoms with Crippen LogP contribution < -0.4 is 5.32 Å². The van der Waals surface area contributed by atoms with E-state index in [9.17, 15) is 9.50 Å². The summed E-state index contributed by atoms with van der Waals surface area (Å²) in [5, 5.41) is 12.9. The Kier molecular flexibility index (Phi) is 3.79. The van der Waals surface area contributed by atoms with Crippen molar-refractivity contribution in [3.63, 3.8) is 0 Å². The average Bonchev–Trinajstić information content (AvgIpc) is 2.80. The minimum absolute atomic E-state index is 0.140. The van der Waals surface area contributed by atoms with Crippen molar-refractivity contribution >= 4 is 0 Å². The molecule has 17 heavy (non-hydrogen) atoms. The second-order valence-electron chi connectivity index (χ2n) is 5.07. The molecule has 0 amide bonds. The minimum Gasteiger partial charge on any atom is -0.394 e. The quantitative estimate of drug-likeness (QED) is 0.843. The van der Waals surface area contributed by atoms with Crippen molar-refractivity contribution in [2.75, 3.05) is 6.61 Å². The van der Waals surface area contributed by atoms with E-state index < -0.39 is 0 Å². The molecular formula is C14H20FNO. The van der Waals surface area contributed by atoms with E-state index in [4.69, 9.17) is 0 Å². The Hall–Kier alpha value is -0.930. The zero-order valence-electron chi connectivity index (χ0n) is 10.3. The predicted octanol–water partition coefficient (Wildman–Crippen LogP) is 2.53. The molecule has 3 heteroatoms. The lowest BCUT2D eigenvalue weighted by molar-refractivity contribution is 0.163. The van der Waals surface area contributed by atoms with Gasteiger partial charge in [-0.1, -0.05) is 18.9 Å². The van der Waals surface area contributed by atoms with Crippen LogP contribution in [0.25, 0.3) is 0 Å². The number of aryl methyl sites for hydroxylation is 1. The molecule has 1 aliphatic carbocycles. The van der Waals surface area contributed by atoms with Gasteiger partial charge in [-0.05, 0) is 43.0 Å². The molecule has 0 atom stereocenters. The van der Waals surface area contributed by atoms with Crippen molar-refractivity contribution in [2.24, 2.45) is 0 Å². The molecule has 0 saturated heterocycles. The highest BCUT2D eigenvalue weighted by Crippen LogP contribution is 2.29. The molecule has 1 saturated carbocycles. The van der Waals surface area contributed by atoms with Gasteiger partial charge in [0, 0.05) is 12.1 Å². The van der Waals surface area contributed by atoms with E-state index in [1.54, 1.807) is 12.1 Å². The molecule has 1 aromatic rings. The van der Waals surface area contributed by atoms with E-state index in [1.165, 1.54) is 6.07 Å². The third-order valence-corrected chi connectivity index (χ3v) is 3.83. The fraction of sp³-hybridized carbons (Fsp3) is 0.571. The van der Waals surface area contributed by atoms with Gasteiger partial charge in [-0.15, -0.1) is 0 Å². The van der Waals surface area contributed by atoms with E-state index in [0.717, 1.165) is 36.8 Å². The Balaban J connectivity index is 2.03. The number of aliphatic hydroxyl groups excluding tert-OH is 1. The summed E-state index contributed by atoms with van der Waals surface area (Å²) in [6, 6.07) is 4.85. The Labute approximate surface area is 102 Å². The summed E-state index contributed by atoms with van der Waals surface area (Å²) < 4.78 is 13.1. The standard InChI is InChI=1S/C14H20FNO/c1-11-4-5-13(15)8-12(11)9-16-14(10-17)6-2-3-7-14/h4-5,8,16-17H,2-3,6-7,9-10H2,1H3. The zero-order valence-corrected chi connectivity index (χ0v) is 10.3. The van der Waals surface area contributed by atoms with Crippen molar-refractivity contribution in [3.05, 3.63) is 35.1 Å². The average molecular weight is 237 g/mol. The number of hydrogen-bond donors (Lipinski definition) is 2. The summed E-state index contributed by atoms with van der Waals surface area (Å²) in [4.78, 5) is 0. The summed E-state index contributed by atoms with van der Waals surface area (Å²) in [7, 11) is 0. The van der Waals surface area contributed by atoms with Gasteiger partial charge in [0.2, 0.25) is 0 Å². The summed E-state index contributed by atoms with van der Waals surface area (Å²) in [6.07, 6.45) is 4.35. The third kappa shape index (κ3) is 2.85. The molecule has 0 aliphatic heterocycles. The molecule has 0 unspecified atom stereocenters. The second kappa shape index (κ2) is 5.15. The molecule has 2 nitrogen and oxygen atoms in total. The summed E-state index contributed by atoms with van der Waals surface area (Å²) in [6.45, 7) is 2.78. The number of nitrogens with one attached hydrogen (secondary N) is 1. The first-order valence-electron chi connectivity index (χ1n) is 6.26. The van der Waals surface area contributed by atoms with Crippen LogP contribution in [-0.2, 0) is 6.54 Å². The lowest BCUT2D eigenvalue weighted by Gasteiger charge is -2.28. The van der Waals surface area contributed by atoms with E-state index >= 15 is 0 Å². The minimum atomic E-state index is -0.197. The topological polar surface area (TPSA) is 32.3 Å². The highest BCUT2D eigenvalue weighted by atomic mass is 19.1. The van der Waals surface area contributed by atoms with Gasteiger partial charge in [-0.2, -0.15) is 0 Å². The number of hydrogen-bond acceptors (Lipinski definition) is 2. The van der Waals surface area contributed by atoms with Gasteiger partial charge in [0.05, 0.1) is 6.61 Å². The maximum absolute atomic E-state index is 13.1. The van der Waals surface area contributed by atoms with Crippen LogP contribution in [0.3, 0.4) is 0 Å². The fourth-order valence-corrected chi connectivity index (χ4v) is 2.56. The first-order valence-corrected chi connectivity index (χ1v) is 6.26.